The summed E-state index contributed by atoms with van der Waals surface area (Å²) in [6.07, 6.45) is 3.19. The summed E-state index contributed by atoms with van der Waals surface area (Å²) in [5.74, 6) is -2.42. The van der Waals surface area contributed by atoms with Crippen molar-refractivity contribution in [3.05, 3.63) is 77.9 Å². The Morgan fingerprint density at radius 1 is 0.914 bits per heavy atom. The molecule has 1 aliphatic heterocycles. The highest BCUT2D eigenvalue weighted by Gasteiger charge is 2.25. The third kappa shape index (κ3) is 10.4. The van der Waals surface area contributed by atoms with Crippen LogP contribution < -0.4 is 4.74 Å². The molecule has 1 aliphatic rings. The summed E-state index contributed by atoms with van der Waals surface area (Å²) in [5, 5.41) is 24.5. The molecule has 3 rings (SSSR count). The van der Waals surface area contributed by atoms with Crippen molar-refractivity contribution in [3.63, 3.8) is 0 Å². The quantitative estimate of drug-likeness (QED) is 0.433. The van der Waals surface area contributed by atoms with Gasteiger partial charge in [-0.1, -0.05) is 42.5 Å². The van der Waals surface area contributed by atoms with E-state index in [0.717, 1.165) is 42.8 Å². The van der Waals surface area contributed by atoms with Crippen LogP contribution >= 0.6 is 0 Å². The summed E-state index contributed by atoms with van der Waals surface area (Å²) in [6, 6.07) is 18.3. The van der Waals surface area contributed by atoms with Gasteiger partial charge in [-0.25, -0.2) is 9.59 Å². The van der Waals surface area contributed by atoms with E-state index in [4.69, 9.17) is 24.8 Å². The van der Waals surface area contributed by atoms with Crippen LogP contribution in [-0.4, -0.2) is 71.0 Å². The highest BCUT2D eigenvalue weighted by atomic mass is 16.5. The number of benzene rings is 2. The van der Waals surface area contributed by atoms with Gasteiger partial charge in [0, 0.05) is 31.8 Å². The van der Waals surface area contributed by atoms with Gasteiger partial charge >= 0.3 is 17.9 Å². The minimum absolute atomic E-state index is 0.118. The van der Waals surface area contributed by atoms with Crippen LogP contribution in [-0.2, 0) is 19.1 Å². The van der Waals surface area contributed by atoms with Crippen molar-refractivity contribution in [2.45, 2.75) is 31.5 Å². The molecule has 0 bridgehead atoms. The molecule has 1 unspecified atom stereocenters. The number of ether oxygens (including phenoxy) is 2. The molecule has 1 atom stereocenters. The van der Waals surface area contributed by atoms with Gasteiger partial charge in [0.25, 0.3) is 0 Å². The predicted octanol–water partition coefficient (Wildman–Crippen LogP) is 3.45. The largest absolute Gasteiger partial charge is 0.497 e. The lowest BCUT2D eigenvalue weighted by molar-refractivity contribution is -0.137. The molecule has 0 saturated carbocycles. The lowest BCUT2D eigenvalue weighted by atomic mass is 10.00. The Balaban J connectivity index is 0.000000466. The minimum Gasteiger partial charge on any atom is -0.497 e. The minimum atomic E-state index is -1.26. The van der Waals surface area contributed by atoms with E-state index in [-0.39, 0.29) is 18.6 Å². The summed E-state index contributed by atoms with van der Waals surface area (Å²) in [6.45, 7) is 2.37. The molecule has 9 nitrogen and oxygen atoms in total. The predicted molar refractivity (Wildman–Crippen MR) is 128 cm³/mol. The van der Waals surface area contributed by atoms with Crippen molar-refractivity contribution in [2.75, 3.05) is 26.7 Å². The number of piperidine rings is 1. The number of methoxy groups -OCH3 is 1. The first-order valence-corrected chi connectivity index (χ1v) is 11.2. The van der Waals surface area contributed by atoms with Gasteiger partial charge in [-0.2, -0.15) is 0 Å². The van der Waals surface area contributed by atoms with E-state index in [1.54, 1.807) is 7.11 Å². The molecule has 1 fully saturated rings. The number of carbonyl (C=O) groups is 3. The zero-order valence-corrected chi connectivity index (χ0v) is 19.6. The number of aliphatic carboxylic acids is 3. The second kappa shape index (κ2) is 14.5. The van der Waals surface area contributed by atoms with E-state index >= 15 is 0 Å². The van der Waals surface area contributed by atoms with E-state index in [9.17, 15) is 14.4 Å². The first-order chi connectivity index (χ1) is 16.8. The van der Waals surface area contributed by atoms with Crippen molar-refractivity contribution in [1.29, 1.82) is 0 Å². The maximum atomic E-state index is 10.8. The Bertz CT molecular complexity index is 951. The van der Waals surface area contributed by atoms with Crippen LogP contribution in [0.15, 0.2) is 66.7 Å². The number of nitrogens with zero attached hydrogens (tertiary/aromatic N) is 1. The molecular formula is C26H31NO8. The molecule has 2 aromatic carbocycles. The molecule has 3 N–H and O–H groups in total. The van der Waals surface area contributed by atoms with Gasteiger partial charge in [-0.15, -0.1) is 0 Å². The van der Waals surface area contributed by atoms with Gasteiger partial charge in [0.15, 0.2) is 0 Å². The van der Waals surface area contributed by atoms with Crippen molar-refractivity contribution >= 4 is 17.9 Å². The Labute approximate surface area is 204 Å². The van der Waals surface area contributed by atoms with Crippen molar-refractivity contribution in [3.8, 4) is 5.75 Å². The first kappa shape index (κ1) is 27.6. The van der Waals surface area contributed by atoms with Gasteiger partial charge in [-0.3, -0.25) is 4.79 Å². The van der Waals surface area contributed by atoms with E-state index in [2.05, 4.69) is 29.2 Å². The summed E-state index contributed by atoms with van der Waals surface area (Å²) in [4.78, 5) is 32.1. The smallest absolute Gasteiger partial charge is 0.328 e. The van der Waals surface area contributed by atoms with Crippen LogP contribution in [0.25, 0.3) is 0 Å². The van der Waals surface area contributed by atoms with Crippen LogP contribution in [0, 0.1) is 0 Å². The topological polar surface area (TPSA) is 134 Å². The Morgan fingerprint density at radius 2 is 1.46 bits per heavy atom. The molecule has 0 spiro atoms. The fraction of sp³-hybridized carbons (Fsp3) is 0.346. The molecular weight excluding hydrogens is 454 g/mol. The van der Waals surface area contributed by atoms with Crippen LogP contribution in [0.3, 0.4) is 0 Å². The third-order valence-corrected chi connectivity index (χ3v) is 5.39. The molecule has 1 heterocycles. The third-order valence-electron chi connectivity index (χ3n) is 5.39. The lowest BCUT2D eigenvalue weighted by Crippen LogP contribution is -2.38. The fourth-order valence-corrected chi connectivity index (χ4v) is 3.61. The average Bonchev–Trinajstić information content (AvgIpc) is 2.86. The molecule has 9 heteroatoms. The van der Waals surface area contributed by atoms with Crippen molar-refractivity contribution < 1.29 is 39.2 Å². The van der Waals surface area contributed by atoms with Crippen LogP contribution in [0.5, 0.6) is 5.75 Å². The molecule has 0 amide bonds. The Hall–Kier alpha value is -3.69. The maximum Gasteiger partial charge on any atom is 0.328 e. The number of hydrogen-bond donors (Lipinski definition) is 3. The number of carboxylic acid groups (broad SMARTS) is 3. The van der Waals surface area contributed by atoms with E-state index in [1.165, 1.54) is 0 Å². The van der Waals surface area contributed by atoms with Gasteiger partial charge in [0.1, 0.15) is 11.9 Å². The van der Waals surface area contributed by atoms with Crippen LogP contribution in [0.2, 0.25) is 0 Å². The number of carboxylic acids is 3. The first-order valence-electron chi connectivity index (χ1n) is 11.2. The van der Waals surface area contributed by atoms with Crippen LogP contribution in [0.1, 0.15) is 36.5 Å². The van der Waals surface area contributed by atoms with Gasteiger partial charge in [-0.05, 0) is 36.1 Å². The van der Waals surface area contributed by atoms with E-state index in [1.807, 2.05) is 30.3 Å². The Morgan fingerprint density at radius 3 is 1.94 bits per heavy atom. The number of rotatable bonds is 10. The van der Waals surface area contributed by atoms with Crippen LogP contribution in [0.4, 0.5) is 0 Å². The van der Waals surface area contributed by atoms with Crippen molar-refractivity contribution in [2.24, 2.45) is 0 Å². The average molecular weight is 486 g/mol. The number of likely N-dealkylation sites (tertiary alicyclic amines) is 1. The van der Waals surface area contributed by atoms with E-state index in [0.29, 0.717) is 18.7 Å². The molecule has 35 heavy (non-hydrogen) atoms. The molecule has 1 saturated heterocycles. The van der Waals surface area contributed by atoms with Gasteiger partial charge in [0.05, 0.1) is 19.6 Å². The van der Waals surface area contributed by atoms with Crippen molar-refractivity contribution in [1.82, 2.24) is 4.90 Å². The highest BCUT2D eigenvalue weighted by molar-refractivity contribution is 5.89. The second-order valence-corrected chi connectivity index (χ2v) is 7.89. The summed E-state index contributed by atoms with van der Waals surface area (Å²) in [7, 11) is 1.67. The molecule has 0 aliphatic carbocycles. The molecule has 2 aromatic rings. The monoisotopic (exact) mass is 485 g/mol. The normalized spacial score (nSPS) is 15.1. The zero-order chi connectivity index (χ0) is 25.6. The van der Waals surface area contributed by atoms with Gasteiger partial charge in [0.2, 0.25) is 0 Å². The summed E-state index contributed by atoms with van der Waals surface area (Å²) >= 11 is 0. The summed E-state index contributed by atoms with van der Waals surface area (Å²) in [5.41, 5.74) is 2.24. The van der Waals surface area contributed by atoms with E-state index < -0.39 is 17.9 Å². The molecule has 0 aromatic heterocycles. The second-order valence-electron chi connectivity index (χ2n) is 7.89. The maximum absolute atomic E-state index is 10.8. The molecule has 0 radical (unpaired) electrons. The Kier molecular flexibility index (Phi) is 11.5. The fourth-order valence-electron chi connectivity index (χ4n) is 3.61. The lowest BCUT2D eigenvalue weighted by Gasteiger charge is -2.34. The standard InChI is InChI=1S/C22H27NO4.C4H4O4/c1-26-19-9-7-18(8-10-19)22(17-5-3-2-4-6-17)27-20-11-14-23(15-12-20)16-13-21(24)25;5-3(6)1-2-4(7)8/h2-10,20,22H,11-16H2,1H3,(H,24,25);1-2H,(H,5,6)(H,7,8). The molecule has 188 valence electrons. The number of hydrogen-bond acceptors (Lipinski definition) is 6. The zero-order valence-electron chi connectivity index (χ0n) is 19.6. The SMILES string of the molecule is COc1ccc(C(OC2CCN(CCC(=O)O)CC2)c2ccccc2)cc1.O=C(O)C=CC(=O)O. The summed E-state index contributed by atoms with van der Waals surface area (Å²) < 4.78 is 11.8. The highest BCUT2D eigenvalue weighted by Crippen LogP contribution is 2.31. The van der Waals surface area contributed by atoms with Gasteiger partial charge < -0.3 is 29.7 Å².